The minimum Gasteiger partial charge on any atom is -0.502 e. The lowest BCUT2D eigenvalue weighted by Gasteiger charge is -2.31. The van der Waals surface area contributed by atoms with Gasteiger partial charge in [-0.3, -0.25) is 49.0 Å². The van der Waals surface area contributed by atoms with Gasteiger partial charge < -0.3 is 98.4 Å². The average Bonchev–Trinajstić information content (AvgIpc) is 3.28. The standard InChI is InChI=1S/C36H45N21O14/c37-21(59)22(51-33(38)39)47-27(61)24(53-35(42)43)49-29(63)25(54-36(44)45)50-28(62)23(52-34(40)41)48-26(60)20(14-4-2-1-3-5-14)46-30(64)31(65)55(12-13-6-9-19(58)18(10-13)57(70)71)17-8-7-15(56(68)69)11-16(17)32(66)67/h1-11,20,22-25,31,58,65H,12H2,(H2,37,59)(H,46,64)(H,47,61)(H,48,60)(H,49,63)(H,50,62)(H,66,67)(H4,38,39,51)(H4,40,41,52)(H4,42,43,53)(H4,44,45,54). The van der Waals surface area contributed by atoms with Gasteiger partial charge in [-0.1, -0.05) is 36.4 Å². The number of phenols is 1. The van der Waals surface area contributed by atoms with Gasteiger partial charge in [-0.15, -0.1) is 0 Å². The smallest absolute Gasteiger partial charge is 0.338 e. The molecular formula is C36H45N21O14. The van der Waals surface area contributed by atoms with Crippen molar-refractivity contribution in [3.05, 3.63) is 104 Å². The molecule has 0 fully saturated rings. The fourth-order valence-electron chi connectivity index (χ4n) is 5.77. The van der Waals surface area contributed by atoms with Crippen molar-refractivity contribution >= 4 is 82.3 Å². The summed E-state index contributed by atoms with van der Waals surface area (Å²) in [7, 11) is 0. The van der Waals surface area contributed by atoms with E-state index >= 15 is 0 Å². The first-order chi connectivity index (χ1) is 33.2. The molecule has 35 heteroatoms. The molecule has 3 aromatic rings. The maximum Gasteiger partial charge on any atom is 0.338 e. The summed E-state index contributed by atoms with van der Waals surface area (Å²) in [5.41, 5.74) is 45.3. The molecule has 3 rings (SSSR count). The van der Waals surface area contributed by atoms with Crippen LogP contribution in [0, 0.1) is 20.2 Å². The van der Waals surface area contributed by atoms with Crippen LogP contribution in [-0.2, 0) is 35.3 Å². The number of primary amides is 1. The number of aromatic carboxylic acids is 1. The third kappa shape index (κ3) is 15.8. The molecule has 0 saturated carbocycles. The van der Waals surface area contributed by atoms with Crippen LogP contribution in [0.4, 0.5) is 17.1 Å². The number of aliphatic hydroxyl groups excluding tert-OH is 1. The van der Waals surface area contributed by atoms with Crippen LogP contribution in [0.3, 0.4) is 0 Å². The lowest BCUT2D eigenvalue weighted by atomic mass is 10.1. The Morgan fingerprint density at radius 2 is 1.06 bits per heavy atom. The fraction of sp³-hybridized carbons (Fsp3) is 0.194. The number of aliphatic imine (C=N–C) groups is 4. The highest BCUT2D eigenvalue weighted by molar-refractivity contribution is 6.00. The molecule has 6 unspecified atom stereocenters. The van der Waals surface area contributed by atoms with E-state index in [0.717, 1.165) is 30.3 Å². The number of rotatable bonds is 23. The van der Waals surface area contributed by atoms with Crippen molar-refractivity contribution in [3.63, 3.8) is 0 Å². The first-order valence-corrected chi connectivity index (χ1v) is 19.3. The Kier molecular flexibility index (Phi) is 18.7. The molecule has 0 bridgehead atoms. The number of nitro groups is 2. The van der Waals surface area contributed by atoms with Crippen LogP contribution in [0.15, 0.2) is 86.7 Å². The van der Waals surface area contributed by atoms with E-state index in [1.54, 1.807) is 0 Å². The number of carboxylic acids is 1. The fourth-order valence-corrected chi connectivity index (χ4v) is 5.77. The molecule has 0 saturated heterocycles. The number of anilines is 1. The molecule has 0 radical (unpaired) electrons. The van der Waals surface area contributed by atoms with Crippen molar-refractivity contribution in [2.24, 2.45) is 71.6 Å². The third-order valence-corrected chi connectivity index (χ3v) is 8.77. The summed E-state index contributed by atoms with van der Waals surface area (Å²) in [6, 6.07) is 9.99. The molecule has 3 aromatic carbocycles. The molecule has 378 valence electrons. The molecule has 71 heavy (non-hydrogen) atoms. The van der Waals surface area contributed by atoms with Gasteiger partial charge in [-0.25, -0.2) is 24.8 Å². The summed E-state index contributed by atoms with van der Waals surface area (Å²) < 4.78 is 0. The normalized spacial score (nSPS) is 13.0. The Morgan fingerprint density at radius 1 is 0.592 bits per heavy atom. The summed E-state index contributed by atoms with van der Waals surface area (Å²) in [5.74, 6) is -14.3. The first-order valence-electron chi connectivity index (χ1n) is 19.3. The predicted octanol–water partition coefficient (Wildman–Crippen LogP) is -7.56. The zero-order valence-corrected chi connectivity index (χ0v) is 36.2. The largest absolute Gasteiger partial charge is 0.502 e. The second-order valence-corrected chi connectivity index (χ2v) is 14.0. The number of benzene rings is 3. The van der Waals surface area contributed by atoms with Crippen molar-refractivity contribution in [2.75, 3.05) is 4.90 Å². The number of carbonyl (C=O) groups excluding carboxylic acids is 6. The summed E-state index contributed by atoms with van der Waals surface area (Å²) in [6.45, 7) is -0.767. The Hall–Kier alpha value is -10.6. The lowest BCUT2D eigenvalue weighted by molar-refractivity contribution is -0.385. The van der Waals surface area contributed by atoms with Crippen LogP contribution in [0.2, 0.25) is 0 Å². The van der Waals surface area contributed by atoms with E-state index in [1.165, 1.54) is 30.3 Å². The van der Waals surface area contributed by atoms with Gasteiger partial charge in [0.25, 0.3) is 35.2 Å². The number of hydrogen-bond donors (Lipinski definition) is 17. The van der Waals surface area contributed by atoms with Gasteiger partial charge in [-0.2, -0.15) is 0 Å². The number of aromatic hydroxyl groups is 1. The van der Waals surface area contributed by atoms with Crippen LogP contribution in [0.25, 0.3) is 0 Å². The highest BCUT2D eigenvalue weighted by Gasteiger charge is 2.36. The van der Waals surface area contributed by atoms with Crippen molar-refractivity contribution in [1.29, 1.82) is 0 Å². The van der Waals surface area contributed by atoms with Gasteiger partial charge in [-0.05, 0) is 23.3 Å². The van der Waals surface area contributed by atoms with Crippen LogP contribution in [-0.4, -0.2) is 121 Å². The van der Waals surface area contributed by atoms with E-state index in [-0.39, 0.29) is 11.1 Å². The number of nitrogens with two attached hydrogens (primary N) is 9. The number of amides is 6. The minimum absolute atomic E-state index is 0.0723. The molecule has 0 spiro atoms. The van der Waals surface area contributed by atoms with Crippen molar-refractivity contribution < 1.29 is 58.7 Å². The minimum atomic E-state index is -2.56. The lowest BCUT2D eigenvalue weighted by Crippen LogP contribution is -2.58. The molecule has 26 N–H and O–H groups in total. The Balaban J connectivity index is 2.05. The third-order valence-electron chi connectivity index (χ3n) is 8.77. The summed E-state index contributed by atoms with van der Waals surface area (Å²) >= 11 is 0. The molecule has 6 atom stereocenters. The van der Waals surface area contributed by atoms with E-state index in [0.29, 0.717) is 11.0 Å². The topological polar surface area (TPSA) is 613 Å². The van der Waals surface area contributed by atoms with Crippen LogP contribution < -0.4 is 83.1 Å². The molecule has 0 aliphatic heterocycles. The maximum absolute atomic E-state index is 14.2. The number of carbonyl (C=O) groups is 7. The highest BCUT2D eigenvalue weighted by atomic mass is 16.6. The number of hydrogen-bond acceptors (Lipinski definition) is 18. The number of aliphatic hydroxyl groups is 1. The molecule has 0 aliphatic carbocycles. The molecular weight excluding hydrogens is 951 g/mol. The van der Waals surface area contributed by atoms with Gasteiger partial charge in [0.15, 0.2) is 29.6 Å². The number of phenolic OH excluding ortho intramolecular Hbond substituents is 1. The van der Waals surface area contributed by atoms with Gasteiger partial charge in [0.1, 0.15) is 6.04 Å². The number of nitro benzene ring substituents is 2. The van der Waals surface area contributed by atoms with Crippen molar-refractivity contribution in [2.45, 2.75) is 43.5 Å². The van der Waals surface area contributed by atoms with E-state index < -0.39 is 147 Å². The maximum atomic E-state index is 14.2. The van der Waals surface area contributed by atoms with Gasteiger partial charge in [0, 0.05) is 24.7 Å². The SMILES string of the molecule is NC(=O)C(N=C(N)N)NC(=O)C(N=C(N)N)NC(=O)C(N=C(N)N)NC(=O)C(N=C(N)N)NC(=O)C(NC(=O)C(O)N(Cc1ccc(O)c([N+](=O)[O-])c1)c1ccc([N+](=O)[O-])cc1C(=O)O)c1ccccc1. The molecule has 0 aromatic heterocycles. The number of nitrogens with zero attached hydrogens (tertiary/aromatic N) is 7. The number of non-ortho nitro benzene ring substituents is 1. The summed E-state index contributed by atoms with van der Waals surface area (Å²) in [6.07, 6.45) is -11.1. The van der Waals surface area contributed by atoms with E-state index in [1.807, 2.05) is 16.0 Å². The van der Waals surface area contributed by atoms with Crippen molar-refractivity contribution in [3.8, 4) is 5.75 Å². The molecule has 6 amide bonds. The number of nitrogens with one attached hydrogen (secondary N) is 5. The highest BCUT2D eigenvalue weighted by Crippen LogP contribution is 2.31. The number of carboxylic acid groups (broad SMARTS) is 1. The van der Waals surface area contributed by atoms with Gasteiger partial charge in [0.05, 0.1) is 21.1 Å². The van der Waals surface area contributed by atoms with Gasteiger partial charge in [0.2, 0.25) is 36.8 Å². The Morgan fingerprint density at radius 3 is 1.49 bits per heavy atom. The Labute approximate surface area is 396 Å². The predicted molar refractivity (Wildman–Crippen MR) is 244 cm³/mol. The zero-order chi connectivity index (χ0) is 53.4. The van der Waals surface area contributed by atoms with Crippen molar-refractivity contribution in [1.82, 2.24) is 26.6 Å². The average molecular weight is 996 g/mol. The van der Waals surface area contributed by atoms with E-state index in [2.05, 4.69) is 30.6 Å². The van der Waals surface area contributed by atoms with E-state index in [4.69, 9.17) is 51.6 Å². The second kappa shape index (κ2) is 24.2. The first kappa shape index (κ1) is 54.7. The van der Waals surface area contributed by atoms with Crippen LogP contribution in [0.1, 0.15) is 27.5 Å². The zero-order valence-electron chi connectivity index (χ0n) is 36.2. The molecule has 35 nitrogen and oxygen atoms in total. The summed E-state index contributed by atoms with van der Waals surface area (Å²) in [4.78, 5) is 129. The second-order valence-electron chi connectivity index (χ2n) is 14.0. The molecule has 0 heterocycles. The summed E-state index contributed by atoms with van der Waals surface area (Å²) in [5, 5.41) is 65.1. The Bertz CT molecular complexity index is 2680. The quantitative estimate of drug-likeness (QED) is 0.0138. The van der Waals surface area contributed by atoms with E-state index in [9.17, 15) is 69.1 Å². The monoisotopic (exact) mass is 995 g/mol. The van der Waals surface area contributed by atoms with Crippen LogP contribution >= 0.6 is 0 Å². The number of guanidine groups is 4. The van der Waals surface area contributed by atoms with Crippen LogP contribution in [0.5, 0.6) is 5.75 Å². The molecule has 0 aliphatic rings. The van der Waals surface area contributed by atoms with Gasteiger partial charge >= 0.3 is 11.7 Å².